The largest absolute Gasteiger partial charge is 0.346 e. The summed E-state index contributed by atoms with van der Waals surface area (Å²) in [5.41, 5.74) is 5.44. The molecule has 0 saturated heterocycles. The summed E-state index contributed by atoms with van der Waals surface area (Å²) in [6.07, 6.45) is 4.84. The molecule has 0 saturated carbocycles. The Kier molecular flexibility index (Phi) is 7.46. The molecule has 7 nitrogen and oxygen atoms in total. The van der Waals surface area contributed by atoms with Crippen LogP contribution in [0.4, 0.5) is 10.5 Å². The number of anilines is 1. The fourth-order valence-corrected chi connectivity index (χ4v) is 4.65. The molecule has 0 heterocycles. The third kappa shape index (κ3) is 5.47. The number of nitrogens with zero attached hydrogens (tertiary/aromatic N) is 1. The minimum atomic E-state index is -3.77. The first kappa shape index (κ1) is 22.2. The Morgan fingerprint density at radius 3 is 2.50 bits per heavy atom. The second-order valence-corrected chi connectivity index (χ2v) is 9.10. The zero-order valence-corrected chi connectivity index (χ0v) is 18.0. The zero-order valence-electron chi connectivity index (χ0n) is 17.2. The summed E-state index contributed by atoms with van der Waals surface area (Å²) in [4.78, 5) is 25.1. The minimum absolute atomic E-state index is 0.125. The SMILES string of the molecule is CCc1cc2c(c(NC(=O)NS(=O)(=O)CCCN(C)C(C)=O)c1CC)CCC2. The quantitative estimate of drug-likeness (QED) is 0.690. The predicted molar refractivity (Wildman–Crippen MR) is 111 cm³/mol. The number of aryl methyl sites for hydroxylation is 2. The van der Waals surface area contributed by atoms with Crippen LogP contribution < -0.4 is 10.0 Å². The smallest absolute Gasteiger partial charge is 0.332 e. The Morgan fingerprint density at radius 2 is 1.89 bits per heavy atom. The molecule has 0 aliphatic heterocycles. The molecule has 28 heavy (non-hydrogen) atoms. The maximum atomic E-state index is 12.4. The lowest BCUT2D eigenvalue weighted by Crippen LogP contribution is -2.37. The highest BCUT2D eigenvalue weighted by molar-refractivity contribution is 7.90. The number of rotatable bonds is 8. The molecule has 0 fully saturated rings. The monoisotopic (exact) mass is 409 g/mol. The first-order valence-corrected chi connectivity index (χ1v) is 11.5. The molecule has 1 aromatic carbocycles. The third-order valence-electron chi connectivity index (χ3n) is 5.27. The van der Waals surface area contributed by atoms with Crippen molar-refractivity contribution in [3.63, 3.8) is 0 Å². The number of sulfonamides is 1. The molecule has 3 amide bonds. The van der Waals surface area contributed by atoms with Crippen LogP contribution in [0.5, 0.6) is 0 Å². The van der Waals surface area contributed by atoms with Gasteiger partial charge in [0.2, 0.25) is 15.9 Å². The lowest BCUT2D eigenvalue weighted by Gasteiger charge is -2.19. The maximum absolute atomic E-state index is 12.4. The predicted octanol–water partition coefficient (Wildman–Crippen LogP) is 2.62. The highest BCUT2D eigenvalue weighted by atomic mass is 32.2. The number of carbonyl (C=O) groups excluding carboxylic acids is 2. The van der Waals surface area contributed by atoms with Gasteiger partial charge in [-0.1, -0.05) is 19.9 Å². The molecule has 1 aromatic rings. The van der Waals surface area contributed by atoms with Gasteiger partial charge in [-0.25, -0.2) is 17.9 Å². The molecule has 156 valence electrons. The number of hydrogen-bond donors (Lipinski definition) is 2. The standard InChI is InChI=1S/C20H31N3O4S/c1-5-15-13-16-9-7-10-18(16)19(17(15)6-2)21-20(25)22-28(26,27)12-8-11-23(4)14(3)24/h13H,5-12H2,1-4H3,(H2,21,22,25). The van der Waals surface area contributed by atoms with Crippen molar-refractivity contribution < 1.29 is 18.0 Å². The van der Waals surface area contributed by atoms with Crippen molar-refractivity contribution in [3.05, 3.63) is 28.3 Å². The molecule has 8 heteroatoms. The van der Waals surface area contributed by atoms with Gasteiger partial charge < -0.3 is 10.2 Å². The van der Waals surface area contributed by atoms with E-state index in [1.165, 1.54) is 23.0 Å². The van der Waals surface area contributed by atoms with Crippen molar-refractivity contribution in [1.29, 1.82) is 0 Å². The van der Waals surface area contributed by atoms with Crippen molar-refractivity contribution in [2.75, 3.05) is 24.7 Å². The Balaban J connectivity index is 2.09. The Labute approximate surface area is 167 Å². The molecule has 0 bridgehead atoms. The summed E-state index contributed by atoms with van der Waals surface area (Å²) in [5.74, 6) is -0.342. The van der Waals surface area contributed by atoms with Crippen LogP contribution in [0.2, 0.25) is 0 Å². The molecule has 1 aliphatic carbocycles. The number of carbonyl (C=O) groups is 2. The Bertz CT molecular complexity index is 849. The number of urea groups is 1. The van der Waals surface area contributed by atoms with Gasteiger partial charge in [-0.2, -0.15) is 0 Å². The van der Waals surface area contributed by atoms with E-state index in [-0.39, 0.29) is 18.1 Å². The second kappa shape index (κ2) is 9.41. The van der Waals surface area contributed by atoms with Gasteiger partial charge in [0.15, 0.2) is 0 Å². The van der Waals surface area contributed by atoms with E-state index in [0.717, 1.165) is 48.9 Å². The van der Waals surface area contributed by atoms with E-state index >= 15 is 0 Å². The highest BCUT2D eigenvalue weighted by Crippen LogP contribution is 2.35. The second-order valence-electron chi connectivity index (χ2n) is 7.26. The molecule has 2 N–H and O–H groups in total. The van der Waals surface area contributed by atoms with Gasteiger partial charge >= 0.3 is 6.03 Å². The van der Waals surface area contributed by atoms with Crippen molar-refractivity contribution in [1.82, 2.24) is 9.62 Å². The summed E-state index contributed by atoms with van der Waals surface area (Å²) in [5, 5.41) is 2.82. The van der Waals surface area contributed by atoms with Crippen LogP contribution in [0.3, 0.4) is 0 Å². The van der Waals surface area contributed by atoms with Crippen molar-refractivity contribution in [2.45, 2.75) is 59.3 Å². The normalized spacial score (nSPS) is 13.1. The molecule has 0 unspecified atom stereocenters. The number of amides is 3. The highest BCUT2D eigenvalue weighted by Gasteiger charge is 2.23. The first-order valence-electron chi connectivity index (χ1n) is 9.88. The van der Waals surface area contributed by atoms with Crippen molar-refractivity contribution >= 4 is 27.6 Å². The van der Waals surface area contributed by atoms with Crippen LogP contribution >= 0.6 is 0 Å². The summed E-state index contributed by atoms with van der Waals surface area (Å²) in [6.45, 7) is 5.88. The molecular formula is C20H31N3O4S. The molecule has 0 spiro atoms. The fraction of sp³-hybridized carbons (Fsp3) is 0.600. The number of benzene rings is 1. The maximum Gasteiger partial charge on any atom is 0.332 e. The summed E-state index contributed by atoms with van der Waals surface area (Å²) >= 11 is 0. The van der Waals surface area contributed by atoms with E-state index in [4.69, 9.17) is 0 Å². The van der Waals surface area contributed by atoms with Gasteiger partial charge in [0.25, 0.3) is 0 Å². The molecule has 0 atom stereocenters. The van der Waals surface area contributed by atoms with Gasteiger partial charge in [-0.3, -0.25) is 4.79 Å². The van der Waals surface area contributed by atoms with Crippen LogP contribution in [0, 0.1) is 0 Å². The summed E-state index contributed by atoms with van der Waals surface area (Å²) < 4.78 is 26.5. The summed E-state index contributed by atoms with van der Waals surface area (Å²) in [6, 6.07) is 1.50. The van der Waals surface area contributed by atoms with Gasteiger partial charge in [-0.05, 0) is 60.8 Å². The van der Waals surface area contributed by atoms with E-state index < -0.39 is 16.1 Å². The van der Waals surface area contributed by atoms with E-state index in [1.54, 1.807) is 7.05 Å². The molecule has 0 aromatic heterocycles. The third-order valence-corrected chi connectivity index (χ3v) is 6.59. The lowest BCUT2D eigenvalue weighted by atomic mass is 9.94. The van der Waals surface area contributed by atoms with Crippen LogP contribution in [0.15, 0.2) is 6.07 Å². The molecule has 1 aliphatic rings. The van der Waals surface area contributed by atoms with Gasteiger partial charge in [0.1, 0.15) is 0 Å². The van der Waals surface area contributed by atoms with Crippen LogP contribution in [-0.2, 0) is 40.5 Å². The average Bonchev–Trinajstić information content (AvgIpc) is 3.08. The zero-order chi connectivity index (χ0) is 20.9. The fourth-order valence-electron chi connectivity index (χ4n) is 3.70. The minimum Gasteiger partial charge on any atom is -0.346 e. The number of fused-ring (bicyclic) bond motifs is 1. The van der Waals surface area contributed by atoms with Gasteiger partial charge in [0, 0.05) is 26.2 Å². The van der Waals surface area contributed by atoms with Crippen LogP contribution in [-0.4, -0.2) is 44.6 Å². The topological polar surface area (TPSA) is 95.6 Å². The van der Waals surface area contributed by atoms with Crippen molar-refractivity contribution in [3.8, 4) is 0 Å². The van der Waals surface area contributed by atoms with Crippen LogP contribution in [0.25, 0.3) is 0 Å². The lowest BCUT2D eigenvalue weighted by molar-refractivity contribution is -0.127. The van der Waals surface area contributed by atoms with E-state index in [1.807, 2.05) is 6.92 Å². The Morgan fingerprint density at radius 1 is 1.18 bits per heavy atom. The van der Waals surface area contributed by atoms with E-state index in [0.29, 0.717) is 6.54 Å². The van der Waals surface area contributed by atoms with E-state index in [2.05, 4.69) is 23.0 Å². The number of hydrogen-bond acceptors (Lipinski definition) is 4. The van der Waals surface area contributed by atoms with Crippen LogP contribution in [0.1, 0.15) is 55.9 Å². The number of nitrogens with one attached hydrogen (secondary N) is 2. The van der Waals surface area contributed by atoms with E-state index in [9.17, 15) is 18.0 Å². The molecular weight excluding hydrogens is 378 g/mol. The molecule has 2 rings (SSSR count). The summed E-state index contributed by atoms with van der Waals surface area (Å²) in [7, 11) is -2.16. The van der Waals surface area contributed by atoms with Gasteiger partial charge in [0.05, 0.1) is 5.75 Å². The average molecular weight is 410 g/mol. The Hall–Kier alpha value is -2.09. The van der Waals surface area contributed by atoms with Gasteiger partial charge in [-0.15, -0.1) is 0 Å². The first-order chi connectivity index (χ1) is 13.2. The van der Waals surface area contributed by atoms with Crippen molar-refractivity contribution in [2.24, 2.45) is 0 Å². The molecule has 0 radical (unpaired) electrons.